The first kappa shape index (κ1) is 52.3. The second-order valence-corrected chi connectivity index (χ2v) is 17.0. The van der Waals surface area contributed by atoms with E-state index in [4.69, 9.17) is 55.9 Å². The van der Waals surface area contributed by atoms with E-state index in [9.17, 15) is 28.8 Å². The third-order valence-electron chi connectivity index (χ3n) is 9.65. The van der Waals surface area contributed by atoms with Crippen molar-refractivity contribution in [1.82, 2.24) is 0 Å². The lowest BCUT2D eigenvalue weighted by atomic mass is 10.1. The van der Waals surface area contributed by atoms with Crippen molar-refractivity contribution in [2.24, 2.45) is 20.5 Å². The van der Waals surface area contributed by atoms with E-state index < -0.39 is 47.3 Å². The highest BCUT2D eigenvalue weighted by atomic mass is 35.5. The molecule has 16 nitrogen and oxygen atoms in total. The van der Waals surface area contributed by atoms with Gasteiger partial charge in [0, 0.05) is 34.6 Å². The number of rotatable bonds is 20. The van der Waals surface area contributed by atoms with E-state index >= 15 is 0 Å². The highest BCUT2D eigenvalue weighted by molar-refractivity contribution is 6.33. The Morgan fingerprint density at radius 3 is 1.26 bits per heavy atom. The van der Waals surface area contributed by atoms with E-state index in [0.29, 0.717) is 11.4 Å². The first-order chi connectivity index (χ1) is 32.4. The van der Waals surface area contributed by atoms with Crippen LogP contribution in [0.4, 0.5) is 34.1 Å². The van der Waals surface area contributed by atoms with Crippen molar-refractivity contribution in [3.8, 4) is 11.5 Å². The molecule has 354 valence electrons. The van der Waals surface area contributed by atoms with Crippen LogP contribution in [0.25, 0.3) is 0 Å². The molecule has 0 fully saturated rings. The van der Waals surface area contributed by atoms with Crippen molar-refractivity contribution in [3.05, 3.63) is 129 Å². The van der Waals surface area contributed by atoms with Crippen LogP contribution in [0.3, 0.4) is 0 Å². The summed E-state index contributed by atoms with van der Waals surface area (Å²) in [4.78, 5) is 79.3. The number of anilines is 4. The number of hydrogen-bond acceptors (Lipinski definition) is 12. The van der Waals surface area contributed by atoms with E-state index in [1.54, 1.807) is 50.2 Å². The van der Waals surface area contributed by atoms with Crippen LogP contribution >= 0.6 is 46.4 Å². The maximum Gasteiger partial charge on any atom is 0.258 e. The molecular weight excluding hydrogens is 958 g/mol. The number of hydrogen-bond donors (Lipinski definition) is 4. The van der Waals surface area contributed by atoms with Crippen LogP contribution in [0.5, 0.6) is 11.5 Å². The largest absolute Gasteiger partial charge is 0.492 e. The Hall–Kier alpha value is -6.72. The number of ketones is 2. The highest BCUT2D eigenvalue weighted by Crippen LogP contribution is 2.38. The minimum Gasteiger partial charge on any atom is -0.492 e. The van der Waals surface area contributed by atoms with Crippen LogP contribution in [0.2, 0.25) is 10.0 Å². The molecule has 0 aliphatic rings. The number of carbonyl (C=O) groups is 6. The molecule has 0 radical (unpaired) electrons. The first-order valence-electron chi connectivity index (χ1n) is 21.0. The van der Waals surface area contributed by atoms with Gasteiger partial charge in [0.05, 0.1) is 45.4 Å². The maximum absolute atomic E-state index is 13.7. The molecule has 5 rings (SSSR count). The Kier molecular flexibility index (Phi) is 18.7. The number of alkyl halides is 2. The van der Waals surface area contributed by atoms with Gasteiger partial charge in [-0.15, -0.1) is 23.2 Å². The lowest BCUT2D eigenvalue weighted by Gasteiger charge is -2.19. The fourth-order valence-electron chi connectivity index (χ4n) is 6.18. The summed E-state index contributed by atoms with van der Waals surface area (Å²) in [6.07, 6.45) is 0. The third-order valence-corrected chi connectivity index (χ3v) is 10.8. The molecule has 0 bridgehead atoms. The van der Waals surface area contributed by atoms with Crippen molar-refractivity contribution in [1.29, 1.82) is 0 Å². The molecule has 0 aliphatic carbocycles. The maximum atomic E-state index is 13.7. The average Bonchev–Trinajstić information content (AvgIpc) is 3.29. The van der Waals surface area contributed by atoms with Crippen LogP contribution in [-0.2, 0) is 19.2 Å². The zero-order chi connectivity index (χ0) is 49.7. The number of nitrogens with zero attached hydrogens (tertiary/aromatic N) is 4. The van der Waals surface area contributed by atoms with Gasteiger partial charge in [-0.2, -0.15) is 20.5 Å². The quantitative estimate of drug-likeness (QED) is 0.0333. The summed E-state index contributed by atoms with van der Waals surface area (Å²) in [5.74, 6) is -4.07. The van der Waals surface area contributed by atoms with Crippen LogP contribution < -0.4 is 30.7 Å². The molecule has 5 aromatic rings. The van der Waals surface area contributed by atoms with E-state index in [-0.39, 0.29) is 79.4 Å². The van der Waals surface area contributed by atoms with Gasteiger partial charge in [0.1, 0.15) is 22.9 Å². The van der Waals surface area contributed by atoms with E-state index in [0.717, 1.165) is 25.0 Å². The van der Waals surface area contributed by atoms with Crippen molar-refractivity contribution < 1.29 is 38.2 Å². The summed E-state index contributed by atoms with van der Waals surface area (Å²) in [6, 6.07) is 22.0. The monoisotopic (exact) mass is 1000 g/mol. The van der Waals surface area contributed by atoms with Crippen LogP contribution in [-0.4, -0.2) is 60.5 Å². The van der Waals surface area contributed by atoms with Gasteiger partial charge in [0.2, 0.25) is 12.1 Å². The van der Waals surface area contributed by atoms with Gasteiger partial charge in [-0.25, -0.2) is 0 Å². The number of amides is 4. The Morgan fingerprint density at radius 2 is 0.926 bits per heavy atom. The van der Waals surface area contributed by atoms with Gasteiger partial charge < -0.3 is 30.7 Å². The Bertz CT molecular complexity index is 2600. The van der Waals surface area contributed by atoms with Crippen molar-refractivity contribution >= 4 is 116 Å². The zero-order valence-corrected chi connectivity index (χ0v) is 40.6. The van der Waals surface area contributed by atoms with Gasteiger partial charge in [-0.05, 0) is 113 Å². The van der Waals surface area contributed by atoms with Gasteiger partial charge in [-0.1, -0.05) is 47.5 Å². The molecule has 0 saturated heterocycles. The average molecular weight is 1000 g/mol. The number of azo groups is 2. The molecule has 4 N–H and O–H groups in total. The number of nitrogens with one attached hydrogen (secondary N) is 4. The fraction of sp³-hybridized carbons (Fsp3) is 0.250. The molecule has 0 heterocycles. The predicted molar refractivity (Wildman–Crippen MR) is 264 cm³/mol. The molecule has 4 unspecified atom stereocenters. The molecule has 0 aromatic heterocycles. The summed E-state index contributed by atoms with van der Waals surface area (Å²) in [7, 11) is 0. The van der Waals surface area contributed by atoms with Crippen molar-refractivity contribution in [2.75, 3.05) is 34.5 Å². The second-order valence-electron chi connectivity index (χ2n) is 14.9. The molecule has 5 aromatic carbocycles. The number of ether oxygens (including phenoxy) is 2. The summed E-state index contributed by atoms with van der Waals surface area (Å²) >= 11 is 25.2. The molecule has 0 saturated carbocycles. The molecule has 68 heavy (non-hydrogen) atoms. The SMILES string of the molecule is CCOc1cc(NC(=O)C(N=Nc2cc(C(=O)Nc3cccc(C(C)Cl)c3)ccc2Cl)C(C)=O)c(OCC)cc1NC(=O)C(N=Nc1cc(C(=O)Nc2cccc(C(C)Cl)c2)ccc1Cl)C(C)=O. The summed E-state index contributed by atoms with van der Waals surface area (Å²) in [5.41, 5.74) is 3.07. The van der Waals surface area contributed by atoms with E-state index in [1.807, 2.05) is 26.0 Å². The summed E-state index contributed by atoms with van der Waals surface area (Å²) < 4.78 is 11.6. The number of benzene rings is 5. The van der Waals surface area contributed by atoms with Gasteiger partial charge in [0.15, 0.2) is 11.6 Å². The molecule has 4 amide bonds. The fourth-order valence-corrected chi connectivity index (χ4v) is 6.76. The van der Waals surface area contributed by atoms with Crippen molar-refractivity contribution in [2.45, 2.75) is 64.4 Å². The van der Waals surface area contributed by atoms with E-state index in [1.165, 1.54) is 48.5 Å². The van der Waals surface area contributed by atoms with Crippen LogP contribution in [0, 0.1) is 0 Å². The summed E-state index contributed by atoms with van der Waals surface area (Å²) in [5, 5.41) is 26.6. The van der Waals surface area contributed by atoms with Gasteiger partial charge in [0.25, 0.3) is 23.6 Å². The first-order valence-corrected chi connectivity index (χ1v) is 22.6. The van der Waals surface area contributed by atoms with Crippen molar-refractivity contribution in [3.63, 3.8) is 0 Å². The normalized spacial score (nSPS) is 13.0. The van der Waals surface area contributed by atoms with E-state index in [2.05, 4.69) is 41.7 Å². The summed E-state index contributed by atoms with van der Waals surface area (Å²) in [6.45, 7) is 9.46. The predicted octanol–water partition coefficient (Wildman–Crippen LogP) is 12.3. The van der Waals surface area contributed by atoms with Gasteiger partial charge in [-0.3, -0.25) is 28.8 Å². The molecule has 4 atom stereocenters. The zero-order valence-electron chi connectivity index (χ0n) is 37.5. The molecule has 0 aliphatic heterocycles. The smallest absolute Gasteiger partial charge is 0.258 e. The molecular formula is C48H46Cl4N8O8. The molecule has 20 heteroatoms. The highest BCUT2D eigenvalue weighted by Gasteiger charge is 2.28. The number of halogens is 4. The number of Topliss-reactive ketones (excluding diaryl/α,β-unsaturated/α-hetero) is 2. The standard InChI is InChI=1S/C48H46Cl4N8O8/c1-7-67-41-23-40(56-48(66)44(28(6)62)60-58-38-22-32(16-18-36(38)52)46(64)54-34-14-10-12-30(20-34)26(4)50)42(68-8-2)24-39(41)55-47(65)43(27(5)61)59-57-37-21-31(15-17-35(37)51)45(63)53-33-13-9-11-29(19-33)25(3)49/h9-26,43-44H,7-8H2,1-6H3,(H,53,63)(H,54,64)(H,55,65)(H,56,66). The minimum atomic E-state index is -1.68. The van der Waals surface area contributed by atoms with Crippen LogP contribution in [0.15, 0.2) is 118 Å². The Morgan fingerprint density at radius 1 is 0.544 bits per heavy atom. The number of carbonyl (C=O) groups excluding carboxylic acids is 6. The lowest BCUT2D eigenvalue weighted by molar-refractivity contribution is -0.127. The third kappa shape index (κ3) is 14.2. The Labute approximate surface area is 412 Å². The molecule has 0 spiro atoms. The Balaban J connectivity index is 1.34. The lowest BCUT2D eigenvalue weighted by Crippen LogP contribution is -2.32. The topological polar surface area (TPSA) is 218 Å². The minimum absolute atomic E-state index is 0.0120. The van der Waals surface area contributed by atoms with Gasteiger partial charge >= 0.3 is 0 Å². The second kappa shape index (κ2) is 24.3. The van der Waals surface area contributed by atoms with Crippen LogP contribution in [0.1, 0.15) is 84.1 Å².